The Kier molecular flexibility index (Phi) is 8.34. The Morgan fingerprint density at radius 2 is 1.87 bits per heavy atom. The Labute approximate surface area is 266 Å². The number of nitrogens with one attached hydrogen (secondary N) is 2. The number of aromatic nitrogens is 5. The number of hydrogen-bond donors (Lipinski definition) is 3. The summed E-state index contributed by atoms with van der Waals surface area (Å²) in [7, 11) is 3.50. The number of rotatable bonds is 6. The van der Waals surface area contributed by atoms with Gasteiger partial charge in [-0.15, -0.1) is 0 Å². The number of aliphatic hydroxyl groups is 1. The summed E-state index contributed by atoms with van der Waals surface area (Å²) in [5, 5.41) is 26.3. The number of hydrogen-bond acceptors (Lipinski definition) is 9. The summed E-state index contributed by atoms with van der Waals surface area (Å²) in [6, 6.07) is 6.40. The highest BCUT2D eigenvalue weighted by atomic mass is 19.1. The van der Waals surface area contributed by atoms with Gasteiger partial charge in [-0.1, -0.05) is 20.8 Å². The van der Waals surface area contributed by atoms with Crippen LogP contribution < -0.4 is 21.8 Å². The van der Waals surface area contributed by atoms with Crippen molar-refractivity contribution >= 4 is 16.5 Å². The molecule has 3 aromatic heterocycles. The second kappa shape index (κ2) is 12.3. The minimum Gasteiger partial charge on any atom is -0.392 e. The molecule has 1 fully saturated rings. The zero-order valence-corrected chi connectivity index (χ0v) is 26.8. The molecule has 0 unspecified atom stereocenters. The fraction of sp³-hybridized carbons (Fsp3) is 0.382. The van der Waals surface area contributed by atoms with Crippen molar-refractivity contribution in [3.8, 4) is 17.1 Å². The van der Waals surface area contributed by atoms with Crippen LogP contribution in [0.1, 0.15) is 51.2 Å². The molecule has 0 amide bonds. The number of fused-ring (bicyclic) bond motifs is 1. The molecule has 0 atom stereocenters. The van der Waals surface area contributed by atoms with Crippen LogP contribution in [0.15, 0.2) is 69.9 Å². The molecule has 0 radical (unpaired) electrons. The highest BCUT2D eigenvalue weighted by Gasteiger charge is 2.24. The topological polar surface area (TPSA) is 130 Å². The molecule has 4 aromatic rings. The number of piperidine rings is 1. The number of anilines is 1. The molecule has 1 aromatic carbocycles. The van der Waals surface area contributed by atoms with E-state index in [0.717, 1.165) is 48.4 Å². The van der Waals surface area contributed by atoms with Crippen molar-refractivity contribution < 1.29 is 9.50 Å². The molecule has 2 aliphatic rings. The average Bonchev–Trinajstić information content (AvgIpc) is 3.03. The molecule has 0 spiro atoms. The number of benzene rings is 1. The molecule has 0 bridgehead atoms. The van der Waals surface area contributed by atoms with Crippen molar-refractivity contribution in [1.82, 2.24) is 34.8 Å². The summed E-state index contributed by atoms with van der Waals surface area (Å²) in [4.78, 5) is 33.1. The first-order valence-corrected chi connectivity index (χ1v) is 15.5. The van der Waals surface area contributed by atoms with Crippen LogP contribution in [0.2, 0.25) is 0 Å². The second-order valence-electron chi connectivity index (χ2n) is 13.0. The number of halogens is 1. The van der Waals surface area contributed by atoms with Gasteiger partial charge >= 0.3 is 0 Å². The van der Waals surface area contributed by atoms with Gasteiger partial charge < -0.3 is 20.6 Å². The molecule has 5 heterocycles. The van der Waals surface area contributed by atoms with E-state index in [1.807, 2.05) is 32.7 Å². The van der Waals surface area contributed by atoms with Gasteiger partial charge in [-0.3, -0.25) is 9.59 Å². The molecule has 46 heavy (non-hydrogen) atoms. The molecule has 2 aliphatic heterocycles. The maximum absolute atomic E-state index is 15.3. The largest absolute Gasteiger partial charge is 0.392 e. The third kappa shape index (κ3) is 5.85. The third-order valence-electron chi connectivity index (χ3n) is 8.83. The van der Waals surface area contributed by atoms with Gasteiger partial charge in [0.15, 0.2) is 5.82 Å². The first kappa shape index (κ1) is 31.3. The van der Waals surface area contributed by atoms with Gasteiger partial charge in [0.1, 0.15) is 17.3 Å². The second-order valence-corrected chi connectivity index (χ2v) is 13.0. The van der Waals surface area contributed by atoms with Gasteiger partial charge in [0.25, 0.3) is 11.1 Å². The van der Waals surface area contributed by atoms with Gasteiger partial charge in [0.05, 0.1) is 23.9 Å². The van der Waals surface area contributed by atoms with Crippen LogP contribution in [0.3, 0.4) is 0 Å². The lowest BCUT2D eigenvalue weighted by atomic mass is 9.86. The normalized spacial score (nSPS) is 16.0. The molecule has 1 saturated heterocycles. The summed E-state index contributed by atoms with van der Waals surface area (Å²) in [5.41, 5.74) is 2.13. The highest BCUT2D eigenvalue weighted by molar-refractivity contribution is 5.82. The van der Waals surface area contributed by atoms with E-state index in [4.69, 9.17) is 0 Å². The lowest BCUT2D eigenvalue weighted by Crippen LogP contribution is -2.31. The SMILES string of the molecule is CN1C=C(C2CCNCC2)CC=C1Nc1cc(-c2ccnc(-n3ncc4cc(C(C)(C)C)cc(F)c4c3=O)c2CO)nn(C)c1=O. The Morgan fingerprint density at radius 3 is 2.57 bits per heavy atom. The zero-order valence-electron chi connectivity index (χ0n) is 26.8. The standard InChI is InChI=1S/C34H39FN8O3/c1-34(2,3)23-14-22-17-38-43(33(46)30(22)26(35)15-23)31-25(19-44)24(10-13-37-31)27-16-28(32(45)42(5)40-27)39-29-7-6-21(18-41(29)4)20-8-11-36-12-9-20/h7,10,13-18,20,36,39,44H,6,8-9,11-12,19H2,1-5H3. The lowest BCUT2D eigenvalue weighted by Gasteiger charge is -2.31. The number of pyridine rings is 1. The first-order chi connectivity index (χ1) is 22.0. The quantitative estimate of drug-likeness (QED) is 0.291. The van der Waals surface area contributed by atoms with E-state index in [1.54, 1.807) is 25.2 Å². The Balaban J connectivity index is 1.37. The third-order valence-corrected chi connectivity index (χ3v) is 8.83. The van der Waals surface area contributed by atoms with E-state index in [1.165, 1.54) is 28.7 Å². The van der Waals surface area contributed by atoms with Crippen molar-refractivity contribution in [2.75, 3.05) is 25.5 Å². The monoisotopic (exact) mass is 626 g/mol. The minimum absolute atomic E-state index is 0.0432. The van der Waals surface area contributed by atoms with E-state index in [-0.39, 0.29) is 27.7 Å². The Bertz CT molecular complexity index is 2000. The molecule has 240 valence electrons. The average molecular weight is 627 g/mol. The Morgan fingerprint density at radius 1 is 1.11 bits per heavy atom. The van der Waals surface area contributed by atoms with Crippen LogP contribution in [-0.4, -0.2) is 54.7 Å². The molecule has 6 rings (SSSR count). The van der Waals surface area contributed by atoms with Crippen molar-refractivity contribution in [3.63, 3.8) is 0 Å². The molecular formula is C34H39FN8O3. The number of nitrogens with zero attached hydrogens (tertiary/aromatic N) is 6. The molecule has 11 nitrogen and oxygen atoms in total. The minimum atomic E-state index is -0.699. The van der Waals surface area contributed by atoms with E-state index in [2.05, 4.69) is 38.1 Å². The van der Waals surface area contributed by atoms with E-state index >= 15 is 4.39 Å². The van der Waals surface area contributed by atoms with E-state index in [9.17, 15) is 14.7 Å². The van der Waals surface area contributed by atoms with Gasteiger partial charge in [0, 0.05) is 43.0 Å². The smallest absolute Gasteiger partial charge is 0.290 e. The fourth-order valence-electron chi connectivity index (χ4n) is 6.18. The number of aliphatic hydroxyl groups excluding tert-OH is 1. The van der Waals surface area contributed by atoms with Gasteiger partial charge in [-0.25, -0.2) is 14.1 Å². The summed E-state index contributed by atoms with van der Waals surface area (Å²) in [6.07, 6.45) is 10.1. The van der Waals surface area contributed by atoms with E-state index < -0.39 is 18.0 Å². The van der Waals surface area contributed by atoms with Gasteiger partial charge in [-0.2, -0.15) is 14.9 Å². The van der Waals surface area contributed by atoms with Gasteiger partial charge in [-0.05, 0) is 85.2 Å². The maximum atomic E-state index is 15.3. The molecular weight excluding hydrogens is 587 g/mol. The molecule has 12 heteroatoms. The van der Waals surface area contributed by atoms with Gasteiger partial charge in [0.2, 0.25) is 0 Å². The van der Waals surface area contributed by atoms with Crippen LogP contribution in [0, 0.1) is 11.7 Å². The fourth-order valence-corrected chi connectivity index (χ4v) is 6.18. The van der Waals surface area contributed by atoms with Crippen molar-refractivity contribution in [2.24, 2.45) is 13.0 Å². The van der Waals surface area contributed by atoms with Crippen molar-refractivity contribution in [1.29, 1.82) is 0 Å². The summed E-state index contributed by atoms with van der Waals surface area (Å²) in [6.45, 7) is 7.42. The molecule has 0 aliphatic carbocycles. The summed E-state index contributed by atoms with van der Waals surface area (Å²) >= 11 is 0. The van der Waals surface area contributed by atoms with Crippen LogP contribution in [0.25, 0.3) is 27.8 Å². The Hall–Kier alpha value is -4.68. The predicted molar refractivity (Wildman–Crippen MR) is 176 cm³/mol. The summed E-state index contributed by atoms with van der Waals surface area (Å²) < 4.78 is 17.6. The van der Waals surface area contributed by atoms with Crippen LogP contribution in [-0.2, 0) is 19.1 Å². The van der Waals surface area contributed by atoms with Crippen LogP contribution in [0.4, 0.5) is 10.1 Å². The molecule has 0 saturated carbocycles. The summed E-state index contributed by atoms with van der Waals surface area (Å²) in [5.74, 6) is 0.706. The highest BCUT2D eigenvalue weighted by Crippen LogP contribution is 2.31. The first-order valence-electron chi connectivity index (χ1n) is 15.5. The number of allylic oxidation sites excluding steroid dienone is 2. The lowest BCUT2D eigenvalue weighted by molar-refractivity contribution is 0.281. The van der Waals surface area contributed by atoms with Crippen molar-refractivity contribution in [2.45, 2.75) is 52.1 Å². The van der Waals surface area contributed by atoms with Crippen LogP contribution >= 0.6 is 0 Å². The van der Waals surface area contributed by atoms with Crippen LogP contribution in [0.5, 0.6) is 0 Å². The molecule has 3 N–H and O–H groups in total. The number of aryl methyl sites for hydroxylation is 1. The van der Waals surface area contributed by atoms with E-state index in [0.29, 0.717) is 28.2 Å². The maximum Gasteiger partial charge on any atom is 0.290 e. The van der Waals surface area contributed by atoms with Crippen molar-refractivity contribution in [3.05, 3.63) is 98.0 Å². The predicted octanol–water partition coefficient (Wildman–Crippen LogP) is 3.94. The zero-order chi connectivity index (χ0) is 32.7.